The second-order valence-electron chi connectivity index (χ2n) is 7.14. The summed E-state index contributed by atoms with van der Waals surface area (Å²) in [5.41, 5.74) is 2.73. The molecule has 0 bridgehead atoms. The molecule has 2 aromatic carbocycles. The molecule has 5 rings (SSSR count). The molecular weight excluding hydrogens is 376 g/mol. The molecule has 140 valence electrons. The molecule has 1 fully saturated rings. The molecule has 1 aliphatic carbocycles. The Morgan fingerprint density at radius 3 is 2.57 bits per heavy atom. The lowest BCUT2D eigenvalue weighted by molar-refractivity contribution is -0.120. The predicted octanol–water partition coefficient (Wildman–Crippen LogP) is 4.37. The fourth-order valence-electron chi connectivity index (χ4n) is 3.65. The second kappa shape index (κ2) is 6.60. The first kappa shape index (κ1) is 17.2. The maximum atomic E-state index is 13.0. The molecule has 0 spiro atoms. The van der Waals surface area contributed by atoms with E-state index < -0.39 is 5.41 Å². The van der Waals surface area contributed by atoms with Crippen LogP contribution in [-0.4, -0.2) is 22.8 Å². The average Bonchev–Trinajstić information content (AvgIpc) is 3.40. The number of carbonyl (C=O) groups is 1. The van der Waals surface area contributed by atoms with Gasteiger partial charge in [-0.25, -0.2) is 0 Å². The molecule has 0 unspecified atom stereocenters. The van der Waals surface area contributed by atoms with Gasteiger partial charge in [0.25, 0.3) is 0 Å². The van der Waals surface area contributed by atoms with Crippen molar-refractivity contribution in [2.24, 2.45) is 0 Å². The van der Waals surface area contributed by atoms with Gasteiger partial charge >= 0.3 is 0 Å². The molecule has 0 atom stereocenters. The Hall–Kier alpha value is -2.92. The van der Waals surface area contributed by atoms with Crippen LogP contribution in [0.4, 0.5) is 0 Å². The van der Waals surface area contributed by atoms with Crippen molar-refractivity contribution in [1.82, 2.24) is 10.2 Å². The maximum Gasteiger partial charge on any atom is 0.231 e. The highest BCUT2D eigenvalue weighted by molar-refractivity contribution is 6.33. The number of hydrogen-bond donors (Lipinski definition) is 0. The summed E-state index contributed by atoms with van der Waals surface area (Å²) in [5, 5.41) is 9.14. The summed E-state index contributed by atoms with van der Waals surface area (Å²) in [5.74, 6) is 1.60. The Bertz CT molecular complexity index is 1060. The van der Waals surface area contributed by atoms with E-state index >= 15 is 0 Å². The number of aromatic nitrogens is 2. The minimum absolute atomic E-state index is 0.158. The lowest BCUT2D eigenvalue weighted by Crippen LogP contribution is -2.23. The number of ketones is 1. The molecule has 1 aliphatic heterocycles. The van der Waals surface area contributed by atoms with E-state index in [-0.39, 0.29) is 19.0 Å². The molecule has 0 amide bonds. The van der Waals surface area contributed by atoms with Crippen molar-refractivity contribution in [2.75, 3.05) is 6.79 Å². The highest BCUT2D eigenvalue weighted by Gasteiger charge is 2.51. The monoisotopic (exact) mass is 392 g/mol. The van der Waals surface area contributed by atoms with Gasteiger partial charge < -0.3 is 9.47 Å². The average molecular weight is 393 g/mol. The van der Waals surface area contributed by atoms with E-state index in [1.54, 1.807) is 0 Å². The van der Waals surface area contributed by atoms with Gasteiger partial charge in [0.15, 0.2) is 11.5 Å². The molecule has 0 N–H and O–H groups in total. The number of carbonyl (C=O) groups excluding carboxylic acids is 1. The number of hydrogen-bond acceptors (Lipinski definition) is 5. The molecule has 28 heavy (non-hydrogen) atoms. The van der Waals surface area contributed by atoms with E-state index in [0.717, 1.165) is 29.7 Å². The van der Waals surface area contributed by atoms with Crippen molar-refractivity contribution >= 4 is 17.4 Å². The molecule has 5 nitrogen and oxygen atoms in total. The van der Waals surface area contributed by atoms with Crippen molar-refractivity contribution in [3.63, 3.8) is 0 Å². The molecule has 0 radical (unpaired) electrons. The maximum absolute atomic E-state index is 13.0. The summed E-state index contributed by atoms with van der Waals surface area (Å²) in [7, 11) is 0. The van der Waals surface area contributed by atoms with E-state index in [4.69, 9.17) is 21.1 Å². The number of halogens is 1. The molecular formula is C22H17ClN2O3. The predicted molar refractivity (Wildman–Crippen MR) is 105 cm³/mol. The Labute approximate surface area is 167 Å². The number of rotatable bonds is 5. The highest BCUT2D eigenvalue weighted by atomic mass is 35.5. The van der Waals surface area contributed by atoms with Crippen LogP contribution in [0.5, 0.6) is 11.5 Å². The Kier molecular flexibility index (Phi) is 4.05. The first-order valence-corrected chi connectivity index (χ1v) is 9.54. The highest BCUT2D eigenvalue weighted by Crippen LogP contribution is 2.51. The molecule has 1 aromatic heterocycles. The largest absolute Gasteiger partial charge is 0.454 e. The number of Topliss-reactive ketones (excluding diaryl/α,β-unsaturated/α-hetero) is 1. The van der Waals surface area contributed by atoms with Gasteiger partial charge in [-0.1, -0.05) is 35.9 Å². The molecule has 3 aromatic rings. The third-order valence-corrected chi connectivity index (χ3v) is 5.75. The lowest BCUT2D eigenvalue weighted by atomic mass is 9.88. The van der Waals surface area contributed by atoms with E-state index in [1.807, 2.05) is 54.6 Å². The summed E-state index contributed by atoms with van der Waals surface area (Å²) in [6.07, 6.45) is 1.94. The molecule has 2 heterocycles. The van der Waals surface area contributed by atoms with Crippen LogP contribution in [0.2, 0.25) is 5.02 Å². The van der Waals surface area contributed by atoms with E-state index in [9.17, 15) is 4.79 Å². The number of ether oxygens (including phenoxy) is 2. The van der Waals surface area contributed by atoms with Crippen LogP contribution < -0.4 is 9.47 Å². The van der Waals surface area contributed by atoms with Gasteiger partial charge in [0.2, 0.25) is 6.79 Å². The SMILES string of the molecule is O=C(Cc1ccc(-c2ccccc2Cl)nn1)C1(c2ccc3c(c2)OCO3)CC1. The van der Waals surface area contributed by atoms with Crippen LogP contribution in [0, 0.1) is 0 Å². The zero-order valence-electron chi connectivity index (χ0n) is 15.0. The first-order valence-electron chi connectivity index (χ1n) is 9.17. The van der Waals surface area contributed by atoms with Gasteiger partial charge in [0.05, 0.1) is 28.2 Å². The number of fused-ring (bicyclic) bond motifs is 1. The van der Waals surface area contributed by atoms with Crippen LogP contribution in [-0.2, 0) is 16.6 Å². The quantitative estimate of drug-likeness (QED) is 0.645. The van der Waals surface area contributed by atoms with Crippen molar-refractivity contribution in [1.29, 1.82) is 0 Å². The van der Waals surface area contributed by atoms with Gasteiger partial charge in [-0.15, -0.1) is 0 Å². The van der Waals surface area contributed by atoms with Crippen molar-refractivity contribution in [3.8, 4) is 22.8 Å². The number of benzene rings is 2. The molecule has 6 heteroatoms. The Balaban J connectivity index is 1.35. The van der Waals surface area contributed by atoms with E-state index in [2.05, 4.69) is 10.2 Å². The summed E-state index contributed by atoms with van der Waals surface area (Å²) in [6, 6.07) is 17.0. The lowest BCUT2D eigenvalue weighted by Gasteiger charge is -2.15. The fraction of sp³-hybridized carbons (Fsp3) is 0.227. The van der Waals surface area contributed by atoms with Gasteiger partial charge in [-0.05, 0) is 48.7 Å². The minimum atomic E-state index is -0.440. The number of nitrogens with zero attached hydrogens (tertiary/aromatic N) is 2. The topological polar surface area (TPSA) is 61.3 Å². The first-order chi connectivity index (χ1) is 13.7. The fourth-order valence-corrected chi connectivity index (χ4v) is 3.88. The van der Waals surface area contributed by atoms with Crippen LogP contribution >= 0.6 is 11.6 Å². The molecule has 1 saturated carbocycles. The normalized spacial score (nSPS) is 16.0. The zero-order valence-corrected chi connectivity index (χ0v) is 15.8. The van der Waals surface area contributed by atoms with E-state index in [1.165, 1.54) is 0 Å². The van der Waals surface area contributed by atoms with Gasteiger partial charge in [0, 0.05) is 5.56 Å². The van der Waals surface area contributed by atoms with Crippen LogP contribution in [0.1, 0.15) is 24.1 Å². The van der Waals surface area contributed by atoms with Crippen molar-refractivity contribution in [3.05, 3.63) is 70.9 Å². The van der Waals surface area contributed by atoms with Crippen LogP contribution in [0.3, 0.4) is 0 Å². The summed E-state index contributed by atoms with van der Waals surface area (Å²) < 4.78 is 10.8. The summed E-state index contributed by atoms with van der Waals surface area (Å²) >= 11 is 6.22. The smallest absolute Gasteiger partial charge is 0.231 e. The third-order valence-electron chi connectivity index (χ3n) is 5.42. The van der Waals surface area contributed by atoms with Crippen LogP contribution in [0.25, 0.3) is 11.3 Å². The second-order valence-corrected chi connectivity index (χ2v) is 7.55. The van der Waals surface area contributed by atoms with Gasteiger partial charge in [0.1, 0.15) is 5.78 Å². The van der Waals surface area contributed by atoms with Crippen LogP contribution in [0.15, 0.2) is 54.6 Å². The zero-order chi connectivity index (χ0) is 19.1. The van der Waals surface area contributed by atoms with Crippen molar-refractivity contribution in [2.45, 2.75) is 24.7 Å². The Morgan fingerprint density at radius 1 is 1.00 bits per heavy atom. The standard InChI is InChI=1S/C22H17ClN2O3/c23-17-4-2-1-3-16(17)18-7-6-15(24-25-18)12-21(26)22(9-10-22)14-5-8-19-20(11-14)28-13-27-19/h1-8,11H,9-10,12-13H2. The summed E-state index contributed by atoms with van der Waals surface area (Å²) in [4.78, 5) is 13.0. The summed E-state index contributed by atoms with van der Waals surface area (Å²) in [6.45, 7) is 0.229. The Morgan fingerprint density at radius 2 is 1.82 bits per heavy atom. The van der Waals surface area contributed by atoms with Crippen molar-refractivity contribution < 1.29 is 14.3 Å². The molecule has 2 aliphatic rings. The third kappa shape index (κ3) is 2.92. The molecule has 0 saturated heterocycles. The van der Waals surface area contributed by atoms with Gasteiger partial charge in [-0.3, -0.25) is 4.79 Å². The van der Waals surface area contributed by atoms with E-state index in [0.29, 0.717) is 22.2 Å². The minimum Gasteiger partial charge on any atom is -0.454 e. The van der Waals surface area contributed by atoms with Gasteiger partial charge in [-0.2, -0.15) is 10.2 Å².